The first-order valence-electron chi connectivity index (χ1n) is 23.5. The van der Waals surface area contributed by atoms with Gasteiger partial charge in [0.2, 0.25) is 0 Å². The SMILES string of the molecule is CC/C=C\C/C=C\C/C=C\C/C=C\C/C=C\C/C=C\CCC(=O)OC(COC(=O)CCCCCCCCCCC/C=C\CCCCCCCC)COP(=O)(O)OCC(O)CO. The van der Waals surface area contributed by atoms with Crippen molar-refractivity contribution in [3.8, 4) is 0 Å². The summed E-state index contributed by atoms with van der Waals surface area (Å²) in [6.07, 6.45) is 54.2. The molecular weight excluding hydrogens is 792 g/mol. The standard InChI is InChI=1S/C50H85O10P/c1-3-5-7-9-11-13-15-17-19-21-23-25-27-29-31-33-35-37-39-41-49(53)57-45-48(46-59-61(55,56)58-44-47(52)43-51)60-50(54)42-40-38-36-34-32-30-28-26-24-22-20-18-16-14-12-10-8-6-4-2/h6,8,12,14,17-20,24,26,30,32,36,38,47-48,51-52H,3-5,7,9-11,13,15-16,21-23,25,27-29,31,33-35,37,39-46H2,1-2H3,(H,55,56)/b8-6-,14-12-,19-17-,20-18-,26-24-,32-30-,38-36-. The Morgan fingerprint density at radius 2 is 0.934 bits per heavy atom. The second-order valence-corrected chi connectivity index (χ2v) is 16.8. The smallest absolute Gasteiger partial charge is 0.462 e. The lowest BCUT2D eigenvalue weighted by Crippen LogP contribution is -2.29. The minimum atomic E-state index is -4.65. The van der Waals surface area contributed by atoms with Crippen molar-refractivity contribution in [2.24, 2.45) is 0 Å². The average molecular weight is 877 g/mol. The summed E-state index contributed by atoms with van der Waals surface area (Å²) >= 11 is 0. The molecule has 0 aliphatic carbocycles. The Balaban J connectivity index is 4.37. The van der Waals surface area contributed by atoms with Crippen LogP contribution in [0.5, 0.6) is 0 Å². The quantitative estimate of drug-likeness (QED) is 0.0234. The number of rotatable bonds is 43. The fourth-order valence-electron chi connectivity index (χ4n) is 5.95. The fraction of sp³-hybridized carbons (Fsp3) is 0.680. The van der Waals surface area contributed by atoms with E-state index in [1.165, 1.54) is 83.5 Å². The molecule has 0 spiro atoms. The third kappa shape index (κ3) is 45.0. The zero-order valence-electron chi connectivity index (χ0n) is 38.1. The van der Waals surface area contributed by atoms with Crippen LogP contribution in [0.2, 0.25) is 0 Å². The first-order chi connectivity index (χ1) is 29.7. The third-order valence-electron chi connectivity index (χ3n) is 9.55. The second kappa shape index (κ2) is 45.2. The maximum absolute atomic E-state index is 12.6. The number of phosphoric acid groups is 1. The van der Waals surface area contributed by atoms with E-state index in [9.17, 15) is 24.2 Å². The predicted molar refractivity (Wildman–Crippen MR) is 251 cm³/mol. The highest BCUT2D eigenvalue weighted by Crippen LogP contribution is 2.43. The van der Waals surface area contributed by atoms with Crippen LogP contribution in [0.1, 0.15) is 181 Å². The van der Waals surface area contributed by atoms with Crippen LogP contribution in [-0.4, -0.2) is 65.7 Å². The van der Waals surface area contributed by atoms with Gasteiger partial charge in [0.15, 0.2) is 6.10 Å². The van der Waals surface area contributed by atoms with Gasteiger partial charge in [-0.1, -0.05) is 176 Å². The van der Waals surface area contributed by atoms with Crippen LogP contribution >= 0.6 is 7.82 Å². The Bertz CT molecular complexity index is 1280. The van der Waals surface area contributed by atoms with Crippen LogP contribution in [-0.2, 0) is 32.7 Å². The van der Waals surface area contributed by atoms with Gasteiger partial charge in [-0.25, -0.2) is 4.57 Å². The average Bonchev–Trinajstić information content (AvgIpc) is 3.25. The Hall–Kier alpha value is -2.85. The molecule has 0 aliphatic rings. The molecule has 0 bridgehead atoms. The van der Waals surface area contributed by atoms with Gasteiger partial charge in [0.05, 0.1) is 19.8 Å². The van der Waals surface area contributed by atoms with E-state index in [4.69, 9.17) is 19.1 Å². The monoisotopic (exact) mass is 877 g/mol. The molecular formula is C50H85O10P. The number of unbranched alkanes of at least 4 members (excludes halogenated alkanes) is 15. The molecule has 61 heavy (non-hydrogen) atoms. The normalized spacial score (nSPS) is 14.5. The number of hydrogen-bond acceptors (Lipinski definition) is 9. The van der Waals surface area contributed by atoms with Gasteiger partial charge in [0.1, 0.15) is 12.7 Å². The molecule has 0 radical (unpaired) electrons. The number of ether oxygens (including phenoxy) is 2. The van der Waals surface area contributed by atoms with Crippen LogP contribution < -0.4 is 0 Å². The topological polar surface area (TPSA) is 149 Å². The summed E-state index contributed by atoms with van der Waals surface area (Å²) in [5, 5.41) is 18.4. The van der Waals surface area contributed by atoms with E-state index in [1.807, 2.05) is 12.2 Å². The number of allylic oxidation sites excluding steroid dienone is 14. The summed E-state index contributed by atoms with van der Waals surface area (Å²) in [5.41, 5.74) is 0. The van der Waals surface area contributed by atoms with Gasteiger partial charge in [0, 0.05) is 12.8 Å². The number of phosphoric ester groups is 1. The molecule has 0 saturated heterocycles. The minimum Gasteiger partial charge on any atom is -0.462 e. The van der Waals surface area contributed by atoms with Gasteiger partial charge in [-0.2, -0.15) is 0 Å². The van der Waals surface area contributed by atoms with Crippen molar-refractivity contribution in [1.29, 1.82) is 0 Å². The summed E-state index contributed by atoms with van der Waals surface area (Å²) in [5.74, 6) is -1.03. The molecule has 0 saturated carbocycles. The zero-order valence-corrected chi connectivity index (χ0v) is 39.0. The van der Waals surface area contributed by atoms with Crippen LogP contribution in [0.3, 0.4) is 0 Å². The predicted octanol–water partition coefficient (Wildman–Crippen LogP) is 13.0. The van der Waals surface area contributed by atoms with E-state index in [1.54, 1.807) is 0 Å². The Labute approximate surface area is 371 Å². The molecule has 0 heterocycles. The maximum atomic E-state index is 12.6. The summed E-state index contributed by atoms with van der Waals surface area (Å²) in [7, 11) is -4.65. The van der Waals surface area contributed by atoms with Crippen LogP contribution in [0, 0.1) is 0 Å². The summed E-state index contributed by atoms with van der Waals surface area (Å²) in [4.78, 5) is 35.1. The molecule has 10 nitrogen and oxygen atoms in total. The van der Waals surface area contributed by atoms with Crippen molar-refractivity contribution in [3.05, 3.63) is 85.1 Å². The Morgan fingerprint density at radius 3 is 1.43 bits per heavy atom. The van der Waals surface area contributed by atoms with E-state index in [0.29, 0.717) is 12.8 Å². The molecule has 0 amide bonds. The van der Waals surface area contributed by atoms with Crippen molar-refractivity contribution in [3.63, 3.8) is 0 Å². The molecule has 0 aromatic heterocycles. The number of hydrogen-bond donors (Lipinski definition) is 3. The largest absolute Gasteiger partial charge is 0.472 e. The van der Waals surface area contributed by atoms with Gasteiger partial charge >= 0.3 is 19.8 Å². The molecule has 3 N–H and O–H groups in total. The maximum Gasteiger partial charge on any atom is 0.472 e. The first-order valence-corrected chi connectivity index (χ1v) is 25.0. The molecule has 11 heteroatoms. The molecule has 3 unspecified atom stereocenters. The number of aliphatic hydroxyl groups is 2. The van der Waals surface area contributed by atoms with E-state index in [-0.39, 0.29) is 19.4 Å². The van der Waals surface area contributed by atoms with Crippen molar-refractivity contribution >= 4 is 19.8 Å². The lowest BCUT2D eigenvalue weighted by atomic mass is 10.1. The van der Waals surface area contributed by atoms with Crippen molar-refractivity contribution < 1.29 is 47.8 Å². The van der Waals surface area contributed by atoms with Gasteiger partial charge in [0.25, 0.3) is 0 Å². The Kier molecular flexibility index (Phi) is 43.1. The van der Waals surface area contributed by atoms with Crippen LogP contribution in [0.25, 0.3) is 0 Å². The second-order valence-electron chi connectivity index (χ2n) is 15.4. The van der Waals surface area contributed by atoms with Crippen molar-refractivity contribution in [2.75, 3.05) is 26.4 Å². The number of carbonyl (C=O) groups is 2. The van der Waals surface area contributed by atoms with Gasteiger partial charge in [-0.05, 0) is 77.0 Å². The fourth-order valence-corrected chi connectivity index (χ4v) is 6.74. The zero-order chi connectivity index (χ0) is 44.8. The van der Waals surface area contributed by atoms with E-state index in [2.05, 4.69) is 91.3 Å². The highest BCUT2D eigenvalue weighted by Gasteiger charge is 2.27. The molecule has 0 rings (SSSR count). The van der Waals surface area contributed by atoms with Gasteiger partial charge in [-0.15, -0.1) is 0 Å². The van der Waals surface area contributed by atoms with Crippen LogP contribution in [0.4, 0.5) is 0 Å². The Morgan fingerprint density at radius 1 is 0.508 bits per heavy atom. The molecule has 0 aliphatic heterocycles. The van der Waals surface area contributed by atoms with Crippen molar-refractivity contribution in [1.82, 2.24) is 0 Å². The van der Waals surface area contributed by atoms with E-state index < -0.39 is 51.8 Å². The highest BCUT2D eigenvalue weighted by molar-refractivity contribution is 7.47. The number of esters is 2. The summed E-state index contributed by atoms with van der Waals surface area (Å²) < 4.78 is 32.7. The first kappa shape index (κ1) is 58.1. The minimum absolute atomic E-state index is 0.0549. The summed E-state index contributed by atoms with van der Waals surface area (Å²) in [6.45, 7) is 2.17. The molecule has 350 valence electrons. The molecule has 0 aromatic rings. The van der Waals surface area contributed by atoms with Gasteiger partial charge < -0.3 is 24.6 Å². The van der Waals surface area contributed by atoms with Crippen LogP contribution in [0.15, 0.2) is 85.1 Å². The number of aliphatic hydroxyl groups excluding tert-OH is 2. The van der Waals surface area contributed by atoms with E-state index >= 15 is 0 Å². The lowest BCUT2D eigenvalue weighted by Gasteiger charge is -2.20. The molecule has 0 fully saturated rings. The molecule has 0 aromatic carbocycles. The summed E-state index contributed by atoms with van der Waals surface area (Å²) in [6, 6.07) is 0. The third-order valence-corrected chi connectivity index (χ3v) is 10.5. The van der Waals surface area contributed by atoms with Crippen molar-refractivity contribution in [2.45, 2.75) is 193 Å². The van der Waals surface area contributed by atoms with Gasteiger partial charge in [-0.3, -0.25) is 18.6 Å². The number of carbonyl (C=O) groups excluding carboxylic acids is 2. The highest BCUT2D eigenvalue weighted by atomic mass is 31.2. The lowest BCUT2D eigenvalue weighted by molar-refractivity contribution is -0.161. The van der Waals surface area contributed by atoms with E-state index in [0.717, 1.165) is 57.8 Å². The molecule has 3 atom stereocenters.